The first-order valence-corrected chi connectivity index (χ1v) is 12.6. The number of halogens is 3. The zero-order chi connectivity index (χ0) is 25.1. The topological polar surface area (TPSA) is 79.2 Å². The Hall–Kier alpha value is -2.95. The highest BCUT2D eigenvalue weighted by molar-refractivity contribution is 9.11. The van der Waals surface area contributed by atoms with E-state index in [4.69, 9.17) is 4.74 Å². The number of rotatable bonds is 6. The van der Waals surface area contributed by atoms with Gasteiger partial charge in [0.15, 0.2) is 5.17 Å². The number of carbonyl (C=O) groups is 2. The van der Waals surface area contributed by atoms with Crippen LogP contribution in [0, 0.1) is 5.82 Å². The molecule has 1 aliphatic heterocycles. The van der Waals surface area contributed by atoms with E-state index < -0.39 is 5.97 Å². The molecule has 0 atom stereocenters. The number of aromatic carboxylic acids is 1. The summed E-state index contributed by atoms with van der Waals surface area (Å²) in [6, 6.07) is 16.0. The van der Waals surface area contributed by atoms with Crippen molar-refractivity contribution < 1.29 is 23.8 Å². The van der Waals surface area contributed by atoms with Gasteiger partial charge in [0.05, 0.1) is 25.1 Å². The third-order valence-corrected chi connectivity index (χ3v) is 7.17. The molecule has 0 bridgehead atoms. The lowest BCUT2D eigenvalue weighted by Crippen LogP contribution is -2.23. The Morgan fingerprint density at radius 1 is 1.14 bits per heavy atom. The number of nitrogens with zero attached hydrogens (tertiary/aromatic N) is 2. The van der Waals surface area contributed by atoms with Crippen LogP contribution in [0.15, 0.2) is 79.5 Å². The zero-order valence-electron chi connectivity index (χ0n) is 18.2. The van der Waals surface area contributed by atoms with Crippen molar-refractivity contribution in [3.05, 3.63) is 97.0 Å². The van der Waals surface area contributed by atoms with Crippen LogP contribution >= 0.6 is 43.6 Å². The van der Waals surface area contributed by atoms with Gasteiger partial charge in [0.2, 0.25) is 0 Å². The normalized spacial score (nSPS) is 15.8. The van der Waals surface area contributed by atoms with E-state index in [0.717, 1.165) is 11.1 Å². The number of ether oxygens (including phenoxy) is 1. The third kappa shape index (κ3) is 6.01. The minimum absolute atomic E-state index is 0.121. The van der Waals surface area contributed by atoms with Crippen molar-refractivity contribution >= 4 is 72.4 Å². The standard InChI is InChI=1S/C25H17Br2FN2O4S/c1-30-23(31)21(35-25(30)29-18-4-2-3-16(12-18)24(32)33)11-15-9-19(26)22(20(27)10-15)34-13-14-5-7-17(28)8-6-14/h2-12H,13H2,1H3,(H,32,33). The van der Waals surface area contributed by atoms with E-state index in [-0.39, 0.29) is 23.9 Å². The van der Waals surface area contributed by atoms with Crippen LogP contribution in [0.25, 0.3) is 6.08 Å². The number of likely N-dealkylation sites (N-methyl/N-ethyl adjacent to an activating group) is 1. The molecule has 6 nitrogen and oxygen atoms in total. The number of hydrogen-bond acceptors (Lipinski definition) is 5. The quantitative estimate of drug-likeness (QED) is 0.305. The van der Waals surface area contributed by atoms with Crippen LogP contribution in [0.5, 0.6) is 5.75 Å². The Morgan fingerprint density at radius 3 is 2.49 bits per heavy atom. The Balaban J connectivity index is 1.54. The molecule has 4 rings (SSSR count). The lowest BCUT2D eigenvalue weighted by atomic mass is 10.2. The van der Waals surface area contributed by atoms with Gasteiger partial charge in [-0.3, -0.25) is 9.69 Å². The van der Waals surface area contributed by atoms with Gasteiger partial charge in [-0.1, -0.05) is 18.2 Å². The highest BCUT2D eigenvalue weighted by Crippen LogP contribution is 2.38. The monoisotopic (exact) mass is 618 g/mol. The number of carboxylic acid groups (broad SMARTS) is 1. The first-order chi connectivity index (χ1) is 16.7. The van der Waals surface area contributed by atoms with Crippen molar-refractivity contribution in [3.63, 3.8) is 0 Å². The maximum Gasteiger partial charge on any atom is 0.335 e. The smallest absolute Gasteiger partial charge is 0.335 e. The average Bonchev–Trinajstić information content (AvgIpc) is 3.07. The van der Waals surface area contributed by atoms with Crippen LogP contribution in [0.1, 0.15) is 21.5 Å². The molecule has 1 amide bonds. The highest BCUT2D eigenvalue weighted by atomic mass is 79.9. The summed E-state index contributed by atoms with van der Waals surface area (Å²) in [5.41, 5.74) is 2.15. The van der Waals surface area contributed by atoms with Crippen LogP contribution in [0.2, 0.25) is 0 Å². The van der Waals surface area contributed by atoms with E-state index in [1.807, 2.05) is 12.1 Å². The van der Waals surface area contributed by atoms with Gasteiger partial charge in [-0.15, -0.1) is 0 Å². The molecule has 0 radical (unpaired) electrons. The number of amidine groups is 1. The highest BCUT2D eigenvalue weighted by Gasteiger charge is 2.30. The van der Waals surface area contributed by atoms with Gasteiger partial charge in [0, 0.05) is 7.05 Å². The van der Waals surface area contributed by atoms with Crippen molar-refractivity contribution in [2.24, 2.45) is 4.99 Å². The second kappa shape index (κ2) is 10.8. The van der Waals surface area contributed by atoms with E-state index in [1.165, 1.54) is 40.9 Å². The lowest BCUT2D eigenvalue weighted by Gasteiger charge is -2.11. The summed E-state index contributed by atoms with van der Waals surface area (Å²) in [6.07, 6.45) is 1.75. The number of thioether (sulfide) groups is 1. The van der Waals surface area contributed by atoms with Crippen LogP contribution in [0.3, 0.4) is 0 Å². The molecule has 0 spiro atoms. The fourth-order valence-corrected chi connectivity index (χ4v) is 5.60. The molecule has 0 unspecified atom stereocenters. The van der Waals surface area contributed by atoms with Crippen molar-refractivity contribution in [2.45, 2.75) is 6.61 Å². The van der Waals surface area contributed by atoms with Crippen molar-refractivity contribution in [1.29, 1.82) is 0 Å². The predicted molar refractivity (Wildman–Crippen MR) is 141 cm³/mol. The molecular formula is C25H17Br2FN2O4S. The molecule has 3 aromatic carbocycles. The Kier molecular flexibility index (Phi) is 7.73. The SMILES string of the molecule is CN1C(=O)C(=Cc2cc(Br)c(OCc3ccc(F)cc3)c(Br)c2)SC1=Nc1cccc(C(=O)O)c1. The molecule has 1 heterocycles. The predicted octanol–water partition coefficient (Wildman–Crippen LogP) is 6.86. The fourth-order valence-electron chi connectivity index (χ4n) is 3.16. The molecular weight excluding hydrogens is 603 g/mol. The number of amides is 1. The van der Waals surface area contributed by atoms with Crippen LogP contribution < -0.4 is 4.74 Å². The molecule has 1 N–H and O–H groups in total. The molecule has 1 aliphatic rings. The van der Waals surface area contributed by atoms with E-state index in [1.54, 1.807) is 37.4 Å². The maximum absolute atomic E-state index is 13.1. The molecule has 1 saturated heterocycles. The van der Waals surface area contributed by atoms with Crippen LogP contribution in [-0.4, -0.2) is 34.1 Å². The van der Waals surface area contributed by atoms with E-state index in [9.17, 15) is 19.1 Å². The molecule has 0 aliphatic carbocycles. The van der Waals surface area contributed by atoms with E-state index in [2.05, 4.69) is 36.9 Å². The molecule has 1 fully saturated rings. The molecule has 3 aromatic rings. The van der Waals surface area contributed by atoms with Crippen LogP contribution in [-0.2, 0) is 11.4 Å². The first kappa shape index (κ1) is 25.2. The number of carboxylic acids is 1. The minimum atomic E-state index is -1.04. The van der Waals surface area contributed by atoms with Gasteiger partial charge in [0.1, 0.15) is 18.2 Å². The summed E-state index contributed by atoms with van der Waals surface area (Å²) in [4.78, 5) is 30.3. The van der Waals surface area contributed by atoms with Crippen molar-refractivity contribution in [1.82, 2.24) is 4.90 Å². The molecule has 178 valence electrons. The number of carbonyl (C=O) groups excluding carboxylic acids is 1. The maximum atomic E-state index is 13.1. The Labute approximate surface area is 221 Å². The summed E-state index contributed by atoms with van der Waals surface area (Å²) in [5.74, 6) is -0.982. The molecule has 10 heteroatoms. The van der Waals surface area contributed by atoms with E-state index >= 15 is 0 Å². The van der Waals surface area contributed by atoms with E-state index in [0.29, 0.717) is 30.5 Å². The van der Waals surface area contributed by atoms with Gasteiger partial charge >= 0.3 is 5.97 Å². The van der Waals surface area contributed by atoms with Gasteiger partial charge < -0.3 is 9.84 Å². The Morgan fingerprint density at radius 2 is 1.83 bits per heavy atom. The summed E-state index contributed by atoms with van der Waals surface area (Å²) in [6.45, 7) is 0.264. The summed E-state index contributed by atoms with van der Waals surface area (Å²) in [7, 11) is 1.62. The summed E-state index contributed by atoms with van der Waals surface area (Å²) < 4.78 is 20.4. The lowest BCUT2D eigenvalue weighted by molar-refractivity contribution is -0.121. The largest absolute Gasteiger partial charge is 0.487 e. The third-order valence-electron chi connectivity index (χ3n) is 4.94. The van der Waals surface area contributed by atoms with Gasteiger partial charge in [-0.05, 0) is 103 Å². The van der Waals surface area contributed by atoms with Crippen molar-refractivity contribution in [2.75, 3.05) is 7.05 Å². The summed E-state index contributed by atoms with van der Waals surface area (Å²) in [5, 5.41) is 9.62. The van der Waals surface area contributed by atoms with Crippen molar-refractivity contribution in [3.8, 4) is 5.75 Å². The molecule has 0 saturated carbocycles. The number of hydrogen-bond donors (Lipinski definition) is 1. The van der Waals surface area contributed by atoms with Gasteiger partial charge in [-0.2, -0.15) is 0 Å². The minimum Gasteiger partial charge on any atom is -0.487 e. The van der Waals surface area contributed by atoms with Gasteiger partial charge in [-0.25, -0.2) is 14.2 Å². The van der Waals surface area contributed by atoms with Gasteiger partial charge in [0.25, 0.3) is 5.91 Å². The number of aliphatic imine (C=N–C) groups is 1. The zero-order valence-corrected chi connectivity index (χ0v) is 22.2. The van der Waals surface area contributed by atoms with Crippen LogP contribution in [0.4, 0.5) is 10.1 Å². The second-order valence-electron chi connectivity index (χ2n) is 7.45. The second-order valence-corrected chi connectivity index (χ2v) is 10.2. The summed E-state index contributed by atoms with van der Waals surface area (Å²) >= 11 is 8.23. The average molecular weight is 620 g/mol. The molecule has 35 heavy (non-hydrogen) atoms. The Bertz CT molecular complexity index is 1350. The molecule has 0 aromatic heterocycles. The first-order valence-electron chi connectivity index (χ1n) is 10.2. The fraction of sp³-hybridized carbons (Fsp3) is 0.0800. The number of benzene rings is 3.